The van der Waals surface area contributed by atoms with Crippen LogP contribution in [0.15, 0.2) is 41.3 Å². The predicted molar refractivity (Wildman–Crippen MR) is 96.6 cm³/mol. The Bertz CT molecular complexity index is 709. The van der Waals surface area contributed by atoms with Gasteiger partial charge in [0.2, 0.25) is 10.0 Å². The SMILES string of the molecule is CN(CC1CCC(C=CCCl)CC1)S(=O)(=O)c1ccc(C(F)(F)F)cc1. The van der Waals surface area contributed by atoms with E-state index in [1.54, 1.807) is 0 Å². The Labute approximate surface area is 157 Å². The molecule has 146 valence electrons. The summed E-state index contributed by atoms with van der Waals surface area (Å²) >= 11 is 5.64. The summed E-state index contributed by atoms with van der Waals surface area (Å²) in [6, 6.07) is 3.63. The van der Waals surface area contributed by atoms with Crippen molar-refractivity contribution < 1.29 is 21.6 Å². The van der Waals surface area contributed by atoms with Gasteiger partial charge in [-0.15, -0.1) is 11.6 Å². The van der Waals surface area contributed by atoms with Crippen LogP contribution >= 0.6 is 11.6 Å². The first-order chi connectivity index (χ1) is 12.1. The lowest BCUT2D eigenvalue weighted by atomic mass is 9.82. The molecule has 0 unspecified atom stereocenters. The maximum absolute atomic E-state index is 12.6. The van der Waals surface area contributed by atoms with Crippen molar-refractivity contribution in [2.75, 3.05) is 19.5 Å². The van der Waals surface area contributed by atoms with Gasteiger partial charge in [-0.25, -0.2) is 12.7 Å². The highest BCUT2D eigenvalue weighted by Crippen LogP contribution is 2.32. The summed E-state index contributed by atoms with van der Waals surface area (Å²) in [6.07, 6.45) is 3.40. The van der Waals surface area contributed by atoms with Gasteiger partial charge in [0.15, 0.2) is 0 Å². The van der Waals surface area contributed by atoms with Crippen LogP contribution in [0.3, 0.4) is 0 Å². The fraction of sp³-hybridized carbons (Fsp3) is 0.556. The van der Waals surface area contributed by atoms with E-state index in [0.29, 0.717) is 18.3 Å². The molecular weight excluding hydrogens is 387 g/mol. The topological polar surface area (TPSA) is 37.4 Å². The smallest absolute Gasteiger partial charge is 0.207 e. The molecule has 2 rings (SSSR count). The number of hydrogen-bond donors (Lipinski definition) is 0. The van der Waals surface area contributed by atoms with Crippen molar-refractivity contribution in [3.63, 3.8) is 0 Å². The van der Waals surface area contributed by atoms with Gasteiger partial charge in [-0.3, -0.25) is 0 Å². The summed E-state index contributed by atoms with van der Waals surface area (Å²) in [7, 11) is -2.32. The van der Waals surface area contributed by atoms with Gasteiger partial charge >= 0.3 is 6.18 Å². The third kappa shape index (κ3) is 5.47. The van der Waals surface area contributed by atoms with E-state index in [1.807, 2.05) is 6.08 Å². The lowest BCUT2D eigenvalue weighted by molar-refractivity contribution is -0.137. The fourth-order valence-corrected chi connectivity index (χ4v) is 4.61. The van der Waals surface area contributed by atoms with Crippen molar-refractivity contribution in [3.05, 3.63) is 42.0 Å². The molecule has 0 amide bonds. The second kappa shape index (κ2) is 8.76. The molecule has 1 aromatic carbocycles. The number of benzene rings is 1. The third-order valence-corrected chi connectivity index (χ3v) is 6.81. The van der Waals surface area contributed by atoms with Gasteiger partial charge in [-0.05, 0) is 61.8 Å². The van der Waals surface area contributed by atoms with E-state index in [0.717, 1.165) is 49.9 Å². The Morgan fingerprint density at radius 1 is 1.15 bits per heavy atom. The van der Waals surface area contributed by atoms with Gasteiger partial charge in [0.1, 0.15) is 0 Å². The molecule has 8 heteroatoms. The molecular formula is C18H23ClF3NO2S. The molecule has 0 saturated heterocycles. The lowest BCUT2D eigenvalue weighted by Crippen LogP contribution is -2.33. The van der Waals surface area contributed by atoms with Crippen LogP contribution in [0.2, 0.25) is 0 Å². The molecule has 1 fully saturated rings. The Hall–Kier alpha value is -1.05. The van der Waals surface area contributed by atoms with Crippen molar-refractivity contribution in [2.24, 2.45) is 11.8 Å². The quantitative estimate of drug-likeness (QED) is 0.493. The fourth-order valence-electron chi connectivity index (χ4n) is 3.26. The first-order valence-electron chi connectivity index (χ1n) is 8.51. The van der Waals surface area contributed by atoms with Crippen LogP contribution in [0.25, 0.3) is 0 Å². The maximum atomic E-state index is 12.6. The summed E-state index contributed by atoms with van der Waals surface area (Å²) in [5, 5.41) is 0. The summed E-state index contributed by atoms with van der Waals surface area (Å²) in [5.74, 6) is 1.24. The van der Waals surface area contributed by atoms with Crippen molar-refractivity contribution in [3.8, 4) is 0 Å². The normalized spacial score (nSPS) is 22.2. The van der Waals surface area contributed by atoms with E-state index >= 15 is 0 Å². The van der Waals surface area contributed by atoms with Gasteiger partial charge in [0.25, 0.3) is 0 Å². The maximum Gasteiger partial charge on any atom is 0.416 e. The summed E-state index contributed by atoms with van der Waals surface area (Å²) in [4.78, 5) is -0.119. The zero-order chi connectivity index (χ0) is 19.4. The van der Waals surface area contributed by atoms with E-state index in [1.165, 1.54) is 11.4 Å². The highest BCUT2D eigenvalue weighted by Gasteiger charge is 2.31. The Kier molecular flexibility index (Phi) is 7.16. The second-order valence-corrected chi connectivity index (χ2v) is 9.02. The number of alkyl halides is 4. The van der Waals surface area contributed by atoms with Crippen LogP contribution in [0, 0.1) is 11.8 Å². The van der Waals surface area contributed by atoms with Crippen LogP contribution in [0.4, 0.5) is 13.2 Å². The molecule has 0 heterocycles. The van der Waals surface area contributed by atoms with Crippen LogP contribution < -0.4 is 0 Å². The van der Waals surface area contributed by atoms with Gasteiger partial charge in [-0.1, -0.05) is 12.2 Å². The largest absolute Gasteiger partial charge is 0.416 e. The molecule has 0 N–H and O–H groups in total. The first kappa shape index (κ1) is 21.3. The molecule has 0 bridgehead atoms. The lowest BCUT2D eigenvalue weighted by Gasteiger charge is -2.29. The van der Waals surface area contributed by atoms with E-state index in [4.69, 9.17) is 11.6 Å². The van der Waals surface area contributed by atoms with Crippen LogP contribution in [-0.2, 0) is 16.2 Å². The molecule has 1 saturated carbocycles. The standard InChI is InChI=1S/C18H23ClF3NO2S/c1-23(13-15-6-4-14(5-7-15)3-2-12-19)26(24,25)17-10-8-16(9-11-17)18(20,21)22/h2-3,8-11,14-15H,4-7,12-13H2,1H3. The highest BCUT2D eigenvalue weighted by atomic mass is 35.5. The molecule has 3 nitrogen and oxygen atoms in total. The van der Waals surface area contributed by atoms with E-state index in [-0.39, 0.29) is 10.8 Å². The molecule has 0 atom stereocenters. The monoisotopic (exact) mass is 409 g/mol. The van der Waals surface area contributed by atoms with Gasteiger partial charge in [0.05, 0.1) is 10.5 Å². The minimum atomic E-state index is -4.48. The number of sulfonamides is 1. The van der Waals surface area contributed by atoms with Gasteiger partial charge < -0.3 is 0 Å². The number of halogens is 4. The van der Waals surface area contributed by atoms with E-state index in [2.05, 4.69) is 6.08 Å². The summed E-state index contributed by atoms with van der Waals surface area (Å²) < 4.78 is 64.3. The van der Waals surface area contributed by atoms with Crippen molar-refractivity contribution in [1.82, 2.24) is 4.31 Å². The first-order valence-corrected chi connectivity index (χ1v) is 10.5. The molecule has 0 aliphatic heterocycles. The van der Waals surface area contributed by atoms with Crippen molar-refractivity contribution in [2.45, 2.75) is 36.8 Å². The van der Waals surface area contributed by atoms with Crippen molar-refractivity contribution in [1.29, 1.82) is 0 Å². The zero-order valence-electron chi connectivity index (χ0n) is 14.5. The Balaban J connectivity index is 1.98. The highest BCUT2D eigenvalue weighted by molar-refractivity contribution is 7.89. The number of hydrogen-bond acceptors (Lipinski definition) is 2. The van der Waals surface area contributed by atoms with Gasteiger partial charge in [-0.2, -0.15) is 13.2 Å². The molecule has 0 aromatic heterocycles. The number of rotatable bonds is 6. The molecule has 1 aromatic rings. The third-order valence-electron chi connectivity index (χ3n) is 4.79. The van der Waals surface area contributed by atoms with E-state index in [9.17, 15) is 21.6 Å². The average Bonchev–Trinajstić information content (AvgIpc) is 2.60. The molecule has 0 spiro atoms. The second-order valence-electron chi connectivity index (χ2n) is 6.67. The van der Waals surface area contributed by atoms with Crippen molar-refractivity contribution >= 4 is 21.6 Å². The molecule has 1 aliphatic rings. The molecule has 0 radical (unpaired) electrons. The van der Waals surface area contributed by atoms with Crippen LogP contribution in [-0.4, -0.2) is 32.2 Å². The average molecular weight is 410 g/mol. The number of allylic oxidation sites excluding steroid dienone is 2. The predicted octanol–water partition coefficient (Wildman–Crippen LogP) is 4.93. The number of nitrogens with zero attached hydrogens (tertiary/aromatic N) is 1. The Morgan fingerprint density at radius 2 is 1.73 bits per heavy atom. The summed E-state index contributed by atoms with van der Waals surface area (Å²) in [6.45, 7) is 0.370. The van der Waals surface area contributed by atoms with E-state index < -0.39 is 21.8 Å². The molecule has 26 heavy (non-hydrogen) atoms. The molecule has 1 aliphatic carbocycles. The Morgan fingerprint density at radius 3 is 2.23 bits per heavy atom. The summed E-state index contributed by atoms with van der Waals surface area (Å²) in [5.41, 5.74) is -0.859. The van der Waals surface area contributed by atoms with Gasteiger partial charge in [0, 0.05) is 19.5 Å². The van der Waals surface area contributed by atoms with Crippen LogP contribution in [0.1, 0.15) is 31.2 Å². The zero-order valence-corrected chi connectivity index (χ0v) is 16.1. The minimum absolute atomic E-state index is 0.119. The van der Waals surface area contributed by atoms with Crippen LogP contribution in [0.5, 0.6) is 0 Å². The minimum Gasteiger partial charge on any atom is -0.207 e.